The highest BCUT2D eigenvalue weighted by molar-refractivity contribution is 7.89. The molecule has 1 aromatic carbocycles. The molecular weight excluding hydrogens is 270 g/mol. The van der Waals surface area contributed by atoms with Crippen molar-refractivity contribution >= 4 is 21.4 Å². The van der Waals surface area contributed by atoms with Crippen LogP contribution < -0.4 is 10.5 Å². The fourth-order valence-electron chi connectivity index (χ4n) is 1.34. The second-order valence-corrected chi connectivity index (χ2v) is 6.50. The molecule has 106 valence electrons. The number of hydrogen-bond acceptors (Lipinski definition) is 5. The van der Waals surface area contributed by atoms with Crippen molar-refractivity contribution in [1.82, 2.24) is 4.72 Å². The van der Waals surface area contributed by atoms with Gasteiger partial charge < -0.3 is 5.73 Å². The molecule has 0 saturated heterocycles. The zero-order valence-electron chi connectivity index (χ0n) is 11.0. The molecule has 0 fully saturated rings. The Labute approximate surface area is 112 Å². The monoisotopic (exact) mass is 287 g/mol. The number of nitro groups is 1. The maximum absolute atomic E-state index is 12.1. The molecule has 0 unspecified atom stereocenters. The topological polar surface area (TPSA) is 115 Å². The first-order valence-corrected chi connectivity index (χ1v) is 7.15. The molecule has 0 saturated carbocycles. The number of nitrogens with one attached hydrogen (secondary N) is 1. The standard InChI is InChI=1S/C11H17N3O4S/c1-4-11(2,3)13-19(17,18)8-5-6-9(12)10(7-8)14(15)16/h5-7,13H,4,12H2,1-3H3. The molecule has 1 aromatic rings. The van der Waals surface area contributed by atoms with E-state index in [-0.39, 0.29) is 10.6 Å². The third kappa shape index (κ3) is 3.65. The third-order valence-corrected chi connectivity index (χ3v) is 4.50. The van der Waals surface area contributed by atoms with E-state index in [9.17, 15) is 18.5 Å². The van der Waals surface area contributed by atoms with Crippen molar-refractivity contribution < 1.29 is 13.3 Å². The lowest BCUT2D eigenvalue weighted by Gasteiger charge is -2.24. The lowest BCUT2D eigenvalue weighted by molar-refractivity contribution is -0.384. The molecule has 19 heavy (non-hydrogen) atoms. The van der Waals surface area contributed by atoms with Gasteiger partial charge in [0.05, 0.1) is 9.82 Å². The predicted molar refractivity (Wildman–Crippen MR) is 72.2 cm³/mol. The van der Waals surface area contributed by atoms with Crippen molar-refractivity contribution in [2.45, 2.75) is 37.6 Å². The summed E-state index contributed by atoms with van der Waals surface area (Å²) in [5.74, 6) is 0. The maximum Gasteiger partial charge on any atom is 0.293 e. The molecule has 1 rings (SSSR count). The van der Waals surface area contributed by atoms with Crippen molar-refractivity contribution in [3.05, 3.63) is 28.3 Å². The van der Waals surface area contributed by atoms with Crippen molar-refractivity contribution in [2.75, 3.05) is 5.73 Å². The van der Waals surface area contributed by atoms with Gasteiger partial charge in [0.15, 0.2) is 0 Å². The van der Waals surface area contributed by atoms with E-state index in [0.29, 0.717) is 6.42 Å². The molecule has 0 aliphatic heterocycles. The largest absolute Gasteiger partial charge is 0.393 e. The number of rotatable bonds is 5. The highest BCUT2D eigenvalue weighted by atomic mass is 32.2. The van der Waals surface area contributed by atoms with Gasteiger partial charge in [-0.15, -0.1) is 0 Å². The van der Waals surface area contributed by atoms with Gasteiger partial charge in [0.25, 0.3) is 5.69 Å². The molecule has 0 aliphatic carbocycles. The molecule has 3 N–H and O–H groups in total. The molecule has 0 atom stereocenters. The summed E-state index contributed by atoms with van der Waals surface area (Å²) in [6.45, 7) is 5.31. The molecule has 8 heteroatoms. The van der Waals surface area contributed by atoms with Crippen LogP contribution in [0.1, 0.15) is 27.2 Å². The minimum Gasteiger partial charge on any atom is -0.393 e. The summed E-state index contributed by atoms with van der Waals surface area (Å²) in [5, 5.41) is 10.8. The van der Waals surface area contributed by atoms with Gasteiger partial charge >= 0.3 is 0 Å². The second-order valence-electron chi connectivity index (χ2n) is 4.82. The number of sulfonamides is 1. The summed E-state index contributed by atoms with van der Waals surface area (Å²) in [6, 6.07) is 3.42. The Morgan fingerprint density at radius 1 is 1.42 bits per heavy atom. The van der Waals surface area contributed by atoms with Crippen LogP contribution in [0, 0.1) is 10.1 Å². The van der Waals surface area contributed by atoms with E-state index in [0.717, 1.165) is 6.07 Å². The number of nitrogen functional groups attached to an aromatic ring is 1. The van der Waals surface area contributed by atoms with Crippen molar-refractivity contribution in [3.63, 3.8) is 0 Å². The van der Waals surface area contributed by atoms with Crippen molar-refractivity contribution in [3.8, 4) is 0 Å². The van der Waals surface area contributed by atoms with Crippen LogP contribution in [0.2, 0.25) is 0 Å². The Bertz CT molecular complexity index is 596. The second kappa shape index (κ2) is 5.14. The van der Waals surface area contributed by atoms with E-state index in [1.165, 1.54) is 12.1 Å². The minimum atomic E-state index is -3.81. The van der Waals surface area contributed by atoms with Gasteiger partial charge in [-0.05, 0) is 32.4 Å². The molecule has 0 aliphatic rings. The molecule has 0 spiro atoms. The molecule has 0 amide bonds. The lowest BCUT2D eigenvalue weighted by atomic mass is 10.0. The van der Waals surface area contributed by atoms with Crippen molar-refractivity contribution in [2.24, 2.45) is 0 Å². The maximum atomic E-state index is 12.1. The van der Waals surface area contributed by atoms with E-state index >= 15 is 0 Å². The van der Waals surface area contributed by atoms with Gasteiger partial charge in [-0.2, -0.15) is 0 Å². The van der Waals surface area contributed by atoms with Crippen LogP contribution in [-0.2, 0) is 10.0 Å². The van der Waals surface area contributed by atoms with Crippen molar-refractivity contribution in [1.29, 1.82) is 0 Å². The Morgan fingerprint density at radius 2 is 2.00 bits per heavy atom. The van der Waals surface area contributed by atoms with E-state index < -0.39 is 26.2 Å². The fourth-order valence-corrected chi connectivity index (χ4v) is 2.85. The summed E-state index contributed by atoms with van der Waals surface area (Å²) in [6.07, 6.45) is 0.587. The summed E-state index contributed by atoms with van der Waals surface area (Å²) < 4.78 is 26.7. The van der Waals surface area contributed by atoms with E-state index in [1.54, 1.807) is 13.8 Å². The van der Waals surface area contributed by atoms with E-state index in [1.807, 2.05) is 6.92 Å². The van der Waals surface area contributed by atoms with Crippen LogP contribution in [0.5, 0.6) is 0 Å². The molecule has 0 radical (unpaired) electrons. The average Bonchev–Trinajstić information content (AvgIpc) is 2.27. The quantitative estimate of drug-likeness (QED) is 0.485. The molecular formula is C11H17N3O4S. The van der Waals surface area contributed by atoms with Gasteiger partial charge in [0, 0.05) is 11.6 Å². The van der Waals surface area contributed by atoms with Crippen LogP contribution in [0.15, 0.2) is 23.1 Å². The predicted octanol–water partition coefficient (Wildman–Crippen LogP) is 1.64. The zero-order valence-corrected chi connectivity index (χ0v) is 11.8. The number of nitro benzene ring substituents is 1. The Kier molecular flexibility index (Phi) is 4.16. The van der Waals surface area contributed by atoms with E-state index in [2.05, 4.69) is 4.72 Å². The normalized spacial score (nSPS) is 12.4. The van der Waals surface area contributed by atoms with Crippen LogP contribution in [0.4, 0.5) is 11.4 Å². The number of nitrogens with two attached hydrogens (primary N) is 1. The number of nitrogens with zero attached hydrogens (tertiary/aromatic N) is 1. The van der Waals surface area contributed by atoms with Gasteiger partial charge in [-0.1, -0.05) is 6.92 Å². The van der Waals surface area contributed by atoms with Gasteiger partial charge in [-0.25, -0.2) is 13.1 Å². The molecule has 0 aromatic heterocycles. The van der Waals surface area contributed by atoms with Crippen LogP contribution >= 0.6 is 0 Å². The van der Waals surface area contributed by atoms with E-state index in [4.69, 9.17) is 5.73 Å². The average molecular weight is 287 g/mol. The highest BCUT2D eigenvalue weighted by Crippen LogP contribution is 2.25. The highest BCUT2D eigenvalue weighted by Gasteiger charge is 2.26. The number of benzene rings is 1. The minimum absolute atomic E-state index is 0.0706. The van der Waals surface area contributed by atoms with Gasteiger partial charge in [-0.3, -0.25) is 10.1 Å². The zero-order chi connectivity index (χ0) is 14.8. The van der Waals surface area contributed by atoms with Crippen LogP contribution in [-0.4, -0.2) is 18.9 Å². The fraction of sp³-hybridized carbons (Fsp3) is 0.455. The Balaban J connectivity index is 3.23. The molecule has 7 nitrogen and oxygen atoms in total. The SMILES string of the molecule is CCC(C)(C)NS(=O)(=O)c1ccc(N)c([N+](=O)[O-])c1. The van der Waals surface area contributed by atoms with Crippen LogP contribution in [0.25, 0.3) is 0 Å². The summed E-state index contributed by atoms with van der Waals surface area (Å²) >= 11 is 0. The number of anilines is 1. The first-order valence-electron chi connectivity index (χ1n) is 5.67. The van der Waals surface area contributed by atoms with Crippen LogP contribution in [0.3, 0.4) is 0 Å². The lowest BCUT2D eigenvalue weighted by Crippen LogP contribution is -2.42. The smallest absolute Gasteiger partial charge is 0.293 e. The Morgan fingerprint density at radius 3 is 2.47 bits per heavy atom. The number of hydrogen-bond donors (Lipinski definition) is 2. The summed E-state index contributed by atoms with van der Waals surface area (Å²) in [5.41, 5.74) is 4.31. The first-order chi connectivity index (χ1) is 8.59. The van der Waals surface area contributed by atoms with Gasteiger partial charge in [0.2, 0.25) is 10.0 Å². The third-order valence-electron chi connectivity index (χ3n) is 2.80. The first kappa shape index (κ1) is 15.4. The van der Waals surface area contributed by atoms with Gasteiger partial charge in [0.1, 0.15) is 5.69 Å². The summed E-state index contributed by atoms with van der Waals surface area (Å²) in [4.78, 5) is 9.87. The molecule has 0 bridgehead atoms. The Hall–Kier alpha value is -1.67. The molecule has 0 heterocycles. The summed E-state index contributed by atoms with van der Waals surface area (Å²) in [7, 11) is -3.81.